The summed E-state index contributed by atoms with van der Waals surface area (Å²) in [6.07, 6.45) is 0.641. The summed E-state index contributed by atoms with van der Waals surface area (Å²) in [4.78, 5) is 38.3. The molecule has 0 saturated carbocycles. The minimum Gasteiger partial charge on any atom is -0.464 e. The molecule has 1 aromatic carbocycles. The Hall–Kier alpha value is -3.13. The van der Waals surface area contributed by atoms with Crippen LogP contribution in [0.1, 0.15) is 18.6 Å². The minimum absolute atomic E-state index is 0.0750. The molecule has 4 amide bonds. The molecule has 27 heavy (non-hydrogen) atoms. The van der Waals surface area contributed by atoms with Gasteiger partial charge in [0.1, 0.15) is 5.76 Å². The lowest BCUT2D eigenvalue weighted by Crippen LogP contribution is -2.58. The highest BCUT2D eigenvalue weighted by molar-refractivity contribution is 6.38. The summed E-state index contributed by atoms with van der Waals surface area (Å²) < 4.78 is 5.31. The number of aliphatic hydroxyl groups is 1. The van der Waals surface area contributed by atoms with Crippen molar-refractivity contribution in [2.45, 2.75) is 13.0 Å². The van der Waals surface area contributed by atoms with Crippen molar-refractivity contribution in [3.63, 3.8) is 0 Å². The molecule has 0 radical (unpaired) electrons. The molecule has 1 fully saturated rings. The molecule has 1 aliphatic rings. The number of furan rings is 1. The summed E-state index contributed by atoms with van der Waals surface area (Å²) in [5.74, 6) is -0.815. The van der Waals surface area contributed by atoms with Crippen LogP contribution >= 0.6 is 0 Å². The maximum absolute atomic E-state index is 12.2. The Bertz CT molecular complexity index is 816. The minimum atomic E-state index is -0.942. The molecule has 2 aromatic rings. The van der Waals surface area contributed by atoms with Gasteiger partial charge < -0.3 is 19.7 Å². The Morgan fingerprint density at radius 1 is 1.19 bits per heavy atom. The Kier molecular flexibility index (Phi) is 5.56. The molecule has 8 nitrogen and oxygen atoms in total. The normalized spacial score (nSPS) is 15.8. The van der Waals surface area contributed by atoms with Gasteiger partial charge in [0.05, 0.1) is 12.4 Å². The van der Waals surface area contributed by atoms with Crippen LogP contribution in [-0.2, 0) is 9.59 Å². The van der Waals surface area contributed by atoms with Gasteiger partial charge in [0, 0.05) is 31.7 Å². The Morgan fingerprint density at radius 2 is 1.93 bits per heavy atom. The van der Waals surface area contributed by atoms with Crippen molar-refractivity contribution in [2.24, 2.45) is 0 Å². The number of carbonyl (C=O) groups is 3. The second-order valence-corrected chi connectivity index (χ2v) is 6.14. The fourth-order valence-corrected chi connectivity index (χ4v) is 2.88. The van der Waals surface area contributed by atoms with Crippen LogP contribution in [0, 0.1) is 0 Å². The number of nitrogens with zero attached hydrogens (tertiary/aromatic N) is 2. The lowest BCUT2D eigenvalue weighted by Gasteiger charge is -2.31. The van der Waals surface area contributed by atoms with Crippen molar-refractivity contribution < 1.29 is 23.9 Å². The lowest BCUT2D eigenvalue weighted by molar-refractivity contribution is -0.153. The van der Waals surface area contributed by atoms with Crippen LogP contribution in [0.5, 0.6) is 0 Å². The molecule has 1 aromatic heterocycles. The fraction of sp³-hybridized carbons (Fsp3) is 0.316. The number of urea groups is 1. The van der Waals surface area contributed by atoms with E-state index >= 15 is 0 Å². The number of likely N-dealkylation sites (N-methyl/N-ethyl adjacent to an activating group) is 1. The molecule has 2 N–H and O–H groups in total. The highest BCUT2D eigenvalue weighted by atomic mass is 16.3. The van der Waals surface area contributed by atoms with E-state index in [2.05, 4.69) is 5.32 Å². The Labute approximate surface area is 156 Å². The van der Waals surface area contributed by atoms with Gasteiger partial charge in [-0.25, -0.2) is 4.79 Å². The summed E-state index contributed by atoms with van der Waals surface area (Å²) >= 11 is 0. The van der Waals surface area contributed by atoms with Crippen molar-refractivity contribution in [1.82, 2.24) is 15.1 Å². The number of hydrogen-bond donors (Lipinski definition) is 2. The van der Waals surface area contributed by atoms with Crippen LogP contribution in [-0.4, -0.2) is 58.9 Å². The van der Waals surface area contributed by atoms with Gasteiger partial charge in [-0.15, -0.1) is 0 Å². The first-order valence-electron chi connectivity index (χ1n) is 8.71. The van der Waals surface area contributed by atoms with Crippen LogP contribution in [0.3, 0.4) is 0 Å². The predicted molar refractivity (Wildman–Crippen MR) is 96.5 cm³/mol. The van der Waals surface area contributed by atoms with Crippen molar-refractivity contribution in [1.29, 1.82) is 0 Å². The van der Waals surface area contributed by atoms with Gasteiger partial charge in [-0.1, -0.05) is 24.3 Å². The summed E-state index contributed by atoms with van der Waals surface area (Å²) in [5, 5.41) is 12.8. The highest BCUT2D eigenvalue weighted by Gasteiger charge is 2.35. The number of aliphatic hydroxyl groups excluding tert-OH is 1. The van der Waals surface area contributed by atoms with E-state index in [4.69, 9.17) is 4.42 Å². The number of nitrogens with one attached hydrogen (secondary N) is 1. The average molecular weight is 371 g/mol. The molecule has 142 valence electrons. The summed E-state index contributed by atoms with van der Waals surface area (Å²) in [5.41, 5.74) is 1.49. The number of hydrogen-bond acceptors (Lipinski definition) is 5. The standard InChI is InChI=1S/C19H21N3O5/c1-2-21-9-10-22(18(25)17(21)24)19(26)20-12-15(23)13-5-7-14(8-6-13)16-4-3-11-27-16/h3-8,11,15,23H,2,9-10,12H2,1H3,(H,20,26)/t15-/m0/s1. The summed E-state index contributed by atoms with van der Waals surface area (Å²) in [6.45, 7) is 2.57. The topological polar surface area (TPSA) is 103 Å². The smallest absolute Gasteiger partial charge is 0.324 e. The third kappa shape index (κ3) is 4.01. The van der Waals surface area contributed by atoms with E-state index in [0.29, 0.717) is 18.7 Å². The lowest BCUT2D eigenvalue weighted by atomic mass is 10.1. The molecular formula is C19H21N3O5. The zero-order valence-corrected chi connectivity index (χ0v) is 14.9. The third-order valence-corrected chi connectivity index (χ3v) is 4.48. The van der Waals surface area contributed by atoms with Gasteiger partial charge in [0.25, 0.3) is 0 Å². The first-order chi connectivity index (χ1) is 13.0. The highest BCUT2D eigenvalue weighted by Crippen LogP contribution is 2.22. The van der Waals surface area contributed by atoms with Gasteiger partial charge in [0.2, 0.25) is 0 Å². The Morgan fingerprint density at radius 3 is 2.56 bits per heavy atom. The predicted octanol–water partition coefficient (Wildman–Crippen LogP) is 1.38. The first-order valence-corrected chi connectivity index (χ1v) is 8.71. The van der Waals surface area contributed by atoms with E-state index in [1.165, 1.54) is 4.90 Å². The van der Waals surface area contributed by atoms with Gasteiger partial charge in [-0.05, 0) is 24.6 Å². The van der Waals surface area contributed by atoms with Crippen molar-refractivity contribution in [3.05, 3.63) is 48.2 Å². The van der Waals surface area contributed by atoms with E-state index in [1.54, 1.807) is 31.4 Å². The Balaban J connectivity index is 1.55. The van der Waals surface area contributed by atoms with E-state index in [1.807, 2.05) is 18.2 Å². The number of rotatable bonds is 5. The number of piperazine rings is 1. The van der Waals surface area contributed by atoms with Crippen LogP contribution in [0.4, 0.5) is 4.79 Å². The molecule has 1 atom stereocenters. The zero-order valence-electron chi connectivity index (χ0n) is 14.9. The second-order valence-electron chi connectivity index (χ2n) is 6.14. The van der Waals surface area contributed by atoms with Gasteiger partial charge >= 0.3 is 17.8 Å². The second kappa shape index (κ2) is 8.05. The number of carbonyl (C=O) groups excluding carboxylic acids is 3. The maximum atomic E-state index is 12.2. The largest absolute Gasteiger partial charge is 0.464 e. The quantitative estimate of drug-likeness (QED) is 0.773. The molecule has 1 aliphatic heterocycles. The summed E-state index contributed by atoms with van der Waals surface area (Å²) in [6, 6.07) is 10.0. The summed E-state index contributed by atoms with van der Waals surface area (Å²) in [7, 11) is 0. The molecule has 0 spiro atoms. The molecule has 8 heteroatoms. The number of imide groups is 1. The van der Waals surface area contributed by atoms with Crippen LogP contribution in [0.2, 0.25) is 0 Å². The van der Waals surface area contributed by atoms with Crippen LogP contribution in [0.25, 0.3) is 11.3 Å². The van der Waals surface area contributed by atoms with Gasteiger partial charge in [0.15, 0.2) is 0 Å². The molecule has 0 aliphatic carbocycles. The van der Waals surface area contributed by atoms with E-state index in [-0.39, 0.29) is 13.1 Å². The van der Waals surface area contributed by atoms with Crippen molar-refractivity contribution in [3.8, 4) is 11.3 Å². The van der Waals surface area contributed by atoms with Gasteiger partial charge in [-0.2, -0.15) is 0 Å². The van der Waals surface area contributed by atoms with Crippen LogP contribution < -0.4 is 5.32 Å². The van der Waals surface area contributed by atoms with Gasteiger partial charge in [-0.3, -0.25) is 14.5 Å². The zero-order chi connectivity index (χ0) is 19.4. The van der Waals surface area contributed by atoms with Crippen molar-refractivity contribution >= 4 is 17.8 Å². The first kappa shape index (κ1) is 18.7. The molecule has 0 unspecified atom stereocenters. The van der Waals surface area contributed by atoms with E-state index in [0.717, 1.165) is 16.2 Å². The number of benzene rings is 1. The van der Waals surface area contributed by atoms with Crippen molar-refractivity contribution in [2.75, 3.05) is 26.2 Å². The van der Waals surface area contributed by atoms with Crippen LogP contribution in [0.15, 0.2) is 47.1 Å². The molecule has 1 saturated heterocycles. The SMILES string of the molecule is CCN1CCN(C(=O)NC[C@H](O)c2ccc(-c3ccco3)cc2)C(=O)C1=O. The monoisotopic (exact) mass is 371 g/mol. The van der Waals surface area contributed by atoms with E-state index < -0.39 is 23.9 Å². The molecular weight excluding hydrogens is 350 g/mol. The fourth-order valence-electron chi connectivity index (χ4n) is 2.88. The average Bonchev–Trinajstić information content (AvgIpc) is 3.23. The third-order valence-electron chi connectivity index (χ3n) is 4.48. The van der Waals surface area contributed by atoms with E-state index in [9.17, 15) is 19.5 Å². The number of amides is 4. The maximum Gasteiger partial charge on any atom is 0.324 e. The molecule has 0 bridgehead atoms. The molecule has 2 heterocycles. The molecule has 3 rings (SSSR count).